The van der Waals surface area contributed by atoms with E-state index in [4.69, 9.17) is 11.6 Å². The molecular formula is C22H22ClF3N6. The van der Waals surface area contributed by atoms with Crippen LogP contribution in [0.4, 0.5) is 13.2 Å². The van der Waals surface area contributed by atoms with Crippen molar-refractivity contribution in [1.29, 1.82) is 0 Å². The summed E-state index contributed by atoms with van der Waals surface area (Å²) in [7, 11) is 0. The lowest BCUT2D eigenvalue weighted by Crippen LogP contribution is -2.49. The minimum Gasteiger partial charge on any atom is -0.329 e. The van der Waals surface area contributed by atoms with Gasteiger partial charge >= 0.3 is 6.18 Å². The van der Waals surface area contributed by atoms with Crippen LogP contribution >= 0.6 is 11.6 Å². The van der Waals surface area contributed by atoms with E-state index in [2.05, 4.69) is 39.6 Å². The number of halogens is 4. The largest absolute Gasteiger partial charge is 0.412 e. The second kappa shape index (κ2) is 8.20. The lowest BCUT2D eigenvalue weighted by Gasteiger charge is -2.29. The highest BCUT2D eigenvalue weighted by Crippen LogP contribution is 2.41. The maximum absolute atomic E-state index is 13.5. The molecule has 3 unspecified atom stereocenters. The molecule has 0 aliphatic carbocycles. The van der Waals surface area contributed by atoms with Gasteiger partial charge in [-0.25, -0.2) is 4.98 Å². The molecule has 0 saturated heterocycles. The maximum atomic E-state index is 13.5. The van der Waals surface area contributed by atoms with E-state index in [1.54, 1.807) is 12.4 Å². The fraction of sp³-hybridized carbons (Fsp3) is 0.364. The van der Waals surface area contributed by atoms with Crippen molar-refractivity contribution in [2.24, 2.45) is 16.3 Å². The van der Waals surface area contributed by atoms with Gasteiger partial charge in [0.25, 0.3) is 0 Å². The maximum Gasteiger partial charge on any atom is 0.412 e. The minimum atomic E-state index is -4.51. The quantitative estimate of drug-likeness (QED) is 0.508. The standard InChI is InChI=1S/C22H22ClF3N6/c1-13(2)19(14-5-4-6-16(23)9-14)32-11-18(28-12-32)17-10-15(7-8-27-17)21(3)20(22(24,25)26)29-31-30-21/h4-13,19-20H,1-3H3,(H,29,30). The van der Waals surface area contributed by atoms with E-state index >= 15 is 0 Å². The van der Waals surface area contributed by atoms with Crippen molar-refractivity contribution in [2.45, 2.75) is 44.6 Å². The molecule has 32 heavy (non-hydrogen) atoms. The Kier molecular flexibility index (Phi) is 5.70. The Balaban J connectivity index is 1.69. The summed E-state index contributed by atoms with van der Waals surface area (Å²) in [6.45, 7) is 5.60. The van der Waals surface area contributed by atoms with Gasteiger partial charge < -0.3 is 4.57 Å². The van der Waals surface area contributed by atoms with Crippen LogP contribution in [0.1, 0.15) is 37.9 Å². The molecule has 0 saturated carbocycles. The molecule has 0 amide bonds. The van der Waals surface area contributed by atoms with Crippen molar-refractivity contribution in [3.05, 3.63) is 71.3 Å². The summed E-state index contributed by atoms with van der Waals surface area (Å²) < 4.78 is 42.5. The summed E-state index contributed by atoms with van der Waals surface area (Å²) in [5.41, 5.74) is 2.88. The van der Waals surface area contributed by atoms with E-state index in [0.717, 1.165) is 5.56 Å². The summed E-state index contributed by atoms with van der Waals surface area (Å²) in [6.07, 6.45) is 0.500. The second-order valence-electron chi connectivity index (χ2n) is 8.33. The average molecular weight is 463 g/mol. The molecule has 3 heterocycles. The van der Waals surface area contributed by atoms with Crippen molar-refractivity contribution in [2.75, 3.05) is 0 Å². The topological polar surface area (TPSA) is 67.5 Å². The third-order valence-corrected chi connectivity index (χ3v) is 5.92. The molecule has 0 fully saturated rings. The molecule has 3 atom stereocenters. The Bertz CT molecular complexity index is 1140. The highest BCUT2D eigenvalue weighted by molar-refractivity contribution is 6.30. The van der Waals surface area contributed by atoms with Crippen LogP contribution in [0.2, 0.25) is 5.02 Å². The number of hydrogen-bond donors (Lipinski definition) is 1. The number of aromatic nitrogens is 3. The Hall–Kier alpha value is -2.94. The van der Waals surface area contributed by atoms with Gasteiger partial charge in [0.05, 0.1) is 18.1 Å². The lowest BCUT2D eigenvalue weighted by atomic mass is 9.85. The van der Waals surface area contributed by atoms with E-state index in [1.165, 1.54) is 19.2 Å². The van der Waals surface area contributed by atoms with Gasteiger partial charge in [0.15, 0.2) is 6.04 Å². The highest BCUT2D eigenvalue weighted by atomic mass is 35.5. The van der Waals surface area contributed by atoms with E-state index in [0.29, 0.717) is 22.0 Å². The highest BCUT2D eigenvalue weighted by Gasteiger charge is 2.55. The van der Waals surface area contributed by atoms with Crippen molar-refractivity contribution < 1.29 is 13.2 Å². The zero-order valence-electron chi connectivity index (χ0n) is 17.7. The zero-order chi connectivity index (χ0) is 23.1. The number of pyridine rings is 1. The number of imidazole rings is 1. The summed E-state index contributed by atoms with van der Waals surface area (Å²) in [5, 5.41) is 7.96. The Morgan fingerprint density at radius 1 is 1.12 bits per heavy atom. The van der Waals surface area contributed by atoms with Crippen LogP contribution in [0.3, 0.4) is 0 Å². The van der Waals surface area contributed by atoms with Crippen molar-refractivity contribution in [3.8, 4) is 11.4 Å². The zero-order valence-corrected chi connectivity index (χ0v) is 18.4. The molecule has 4 rings (SSSR count). The first-order valence-electron chi connectivity index (χ1n) is 10.1. The first-order chi connectivity index (χ1) is 15.1. The van der Waals surface area contributed by atoms with Gasteiger partial charge in [-0.1, -0.05) is 42.8 Å². The average Bonchev–Trinajstić information content (AvgIpc) is 3.36. The van der Waals surface area contributed by atoms with Crippen molar-refractivity contribution >= 4 is 11.6 Å². The molecule has 0 bridgehead atoms. The summed E-state index contributed by atoms with van der Waals surface area (Å²) in [6, 6.07) is 8.81. The number of nitrogens with one attached hydrogen (secondary N) is 1. The molecule has 0 spiro atoms. The molecule has 1 N–H and O–H groups in total. The number of hydrogen-bond acceptors (Lipinski definition) is 5. The van der Waals surface area contributed by atoms with Gasteiger partial charge in [0.2, 0.25) is 0 Å². The van der Waals surface area contributed by atoms with Gasteiger partial charge in [0, 0.05) is 17.4 Å². The van der Waals surface area contributed by atoms with E-state index < -0.39 is 17.8 Å². The number of nitrogens with zero attached hydrogens (tertiary/aromatic N) is 5. The van der Waals surface area contributed by atoms with E-state index in [9.17, 15) is 13.2 Å². The molecule has 0 radical (unpaired) electrons. The Labute approximate surface area is 188 Å². The van der Waals surface area contributed by atoms with Crippen LogP contribution in [-0.4, -0.2) is 26.8 Å². The van der Waals surface area contributed by atoms with Gasteiger partial charge in [-0.3, -0.25) is 10.4 Å². The van der Waals surface area contributed by atoms with E-state index in [1.807, 2.05) is 35.0 Å². The predicted molar refractivity (Wildman–Crippen MR) is 115 cm³/mol. The molecular weight excluding hydrogens is 441 g/mol. The molecule has 168 valence electrons. The molecule has 1 aliphatic rings. The second-order valence-corrected chi connectivity index (χ2v) is 8.77. The molecule has 1 aliphatic heterocycles. The Morgan fingerprint density at radius 2 is 1.91 bits per heavy atom. The molecule has 10 heteroatoms. The normalized spacial score (nSPS) is 21.7. The van der Waals surface area contributed by atoms with Crippen LogP contribution in [0.15, 0.2) is 65.5 Å². The van der Waals surface area contributed by atoms with E-state index in [-0.39, 0.29) is 12.0 Å². The van der Waals surface area contributed by atoms with Crippen LogP contribution in [0.25, 0.3) is 11.4 Å². The van der Waals surface area contributed by atoms with Gasteiger partial charge in [-0.05, 0) is 48.2 Å². The fourth-order valence-electron chi connectivity index (χ4n) is 4.09. The summed E-state index contributed by atoms with van der Waals surface area (Å²) >= 11 is 6.18. The Morgan fingerprint density at radius 3 is 2.59 bits per heavy atom. The third kappa shape index (κ3) is 4.09. The van der Waals surface area contributed by atoms with Crippen molar-refractivity contribution in [3.63, 3.8) is 0 Å². The van der Waals surface area contributed by atoms with Crippen LogP contribution < -0.4 is 5.43 Å². The summed E-state index contributed by atoms with van der Waals surface area (Å²) in [4.78, 5) is 8.80. The number of benzene rings is 1. The number of rotatable bonds is 5. The van der Waals surface area contributed by atoms with Gasteiger partial charge in [0.1, 0.15) is 11.2 Å². The molecule has 1 aromatic carbocycles. The van der Waals surface area contributed by atoms with Crippen LogP contribution in [0, 0.1) is 5.92 Å². The minimum absolute atomic E-state index is 0.0157. The summed E-state index contributed by atoms with van der Waals surface area (Å²) in [5.74, 6) is 0.242. The van der Waals surface area contributed by atoms with Crippen molar-refractivity contribution in [1.82, 2.24) is 20.0 Å². The van der Waals surface area contributed by atoms with Gasteiger partial charge in [-0.15, -0.1) is 0 Å². The molecule has 3 aromatic rings. The SMILES string of the molecule is CC(C)C(c1cccc(Cl)c1)n1cnc(-c2cc(C3(C)N=NNC3C(F)(F)F)ccn2)c1. The lowest BCUT2D eigenvalue weighted by molar-refractivity contribution is -0.165. The van der Waals surface area contributed by atoms with Crippen LogP contribution in [-0.2, 0) is 5.54 Å². The first-order valence-corrected chi connectivity index (χ1v) is 10.5. The molecule has 6 nitrogen and oxygen atoms in total. The van der Waals surface area contributed by atoms with Crippen LogP contribution in [0.5, 0.6) is 0 Å². The predicted octanol–water partition coefficient (Wildman–Crippen LogP) is 5.96. The first kappa shape index (κ1) is 22.3. The fourth-order valence-corrected chi connectivity index (χ4v) is 4.29. The monoisotopic (exact) mass is 462 g/mol. The van der Waals surface area contributed by atoms with Gasteiger partial charge in [-0.2, -0.15) is 18.3 Å². The molecule has 2 aromatic heterocycles. The third-order valence-electron chi connectivity index (χ3n) is 5.69. The smallest absolute Gasteiger partial charge is 0.329 e. The number of alkyl halides is 3.